The molecule has 1 atom stereocenters. The SMILES string of the molecule is Cc1ccc([C@H](C)NC(=O)c2cc(C(=O)NCc3ccc(F)c(Cl)c3)ncn2)cc1C. The van der Waals surface area contributed by atoms with Gasteiger partial charge in [0.15, 0.2) is 0 Å². The van der Waals surface area contributed by atoms with Crippen LogP contribution in [0, 0.1) is 19.7 Å². The minimum atomic E-state index is -0.529. The highest BCUT2D eigenvalue weighted by atomic mass is 35.5. The van der Waals surface area contributed by atoms with Gasteiger partial charge in [-0.05, 0) is 55.2 Å². The van der Waals surface area contributed by atoms with Crippen molar-refractivity contribution in [1.82, 2.24) is 20.6 Å². The van der Waals surface area contributed by atoms with Gasteiger partial charge in [-0.2, -0.15) is 0 Å². The van der Waals surface area contributed by atoms with Crippen molar-refractivity contribution in [2.75, 3.05) is 0 Å². The molecule has 8 heteroatoms. The number of nitrogens with one attached hydrogen (secondary N) is 2. The van der Waals surface area contributed by atoms with Crippen LogP contribution >= 0.6 is 11.6 Å². The summed E-state index contributed by atoms with van der Waals surface area (Å²) in [4.78, 5) is 33.0. The number of aryl methyl sites for hydroxylation is 2. The molecule has 0 fully saturated rings. The van der Waals surface area contributed by atoms with Crippen LogP contribution in [0.3, 0.4) is 0 Å². The standard InChI is InChI=1S/C23H22ClFN4O2/c1-13-4-6-17(8-14(13)2)15(3)29-23(31)21-10-20(27-12-28-21)22(30)26-11-16-5-7-19(25)18(24)9-16/h4-10,12,15H,11H2,1-3H3,(H,26,30)(H,29,31)/t15-/m0/s1. The molecule has 0 aliphatic heterocycles. The zero-order valence-electron chi connectivity index (χ0n) is 17.4. The topological polar surface area (TPSA) is 84.0 Å². The van der Waals surface area contributed by atoms with Crippen LogP contribution < -0.4 is 10.6 Å². The number of halogens is 2. The van der Waals surface area contributed by atoms with Crippen LogP contribution in [0.1, 0.15) is 56.2 Å². The van der Waals surface area contributed by atoms with Gasteiger partial charge in [0.1, 0.15) is 23.5 Å². The second-order valence-electron chi connectivity index (χ2n) is 7.26. The average molecular weight is 441 g/mol. The van der Waals surface area contributed by atoms with E-state index in [4.69, 9.17) is 11.6 Å². The molecule has 3 aromatic rings. The zero-order chi connectivity index (χ0) is 22.5. The smallest absolute Gasteiger partial charge is 0.270 e. The van der Waals surface area contributed by atoms with E-state index in [-0.39, 0.29) is 29.0 Å². The first-order valence-electron chi connectivity index (χ1n) is 9.67. The van der Waals surface area contributed by atoms with Crippen LogP contribution in [0.15, 0.2) is 48.8 Å². The van der Waals surface area contributed by atoms with Crippen LogP contribution in [0.25, 0.3) is 0 Å². The third-order valence-corrected chi connectivity index (χ3v) is 5.24. The van der Waals surface area contributed by atoms with Gasteiger partial charge in [-0.25, -0.2) is 14.4 Å². The Bertz CT molecular complexity index is 1140. The van der Waals surface area contributed by atoms with Gasteiger partial charge in [-0.1, -0.05) is 35.9 Å². The number of hydrogen-bond donors (Lipinski definition) is 2. The molecule has 0 aliphatic rings. The minimum absolute atomic E-state index is 0.0226. The number of carbonyl (C=O) groups is 2. The molecule has 3 rings (SSSR count). The fourth-order valence-corrected chi connectivity index (χ4v) is 3.12. The van der Waals surface area contributed by atoms with Gasteiger partial charge in [0, 0.05) is 12.6 Å². The lowest BCUT2D eigenvalue weighted by atomic mass is 10.0. The maximum Gasteiger partial charge on any atom is 0.270 e. The quantitative estimate of drug-likeness (QED) is 0.598. The molecule has 31 heavy (non-hydrogen) atoms. The first kappa shape index (κ1) is 22.4. The van der Waals surface area contributed by atoms with Crippen molar-refractivity contribution in [3.8, 4) is 0 Å². The molecular weight excluding hydrogens is 419 g/mol. The first-order chi connectivity index (χ1) is 14.7. The Balaban J connectivity index is 1.65. The van der Waals surface area contributed by atoms with E-state index in [1.165, 1.54) is 36.2 Å². The third-order valence-electron chi connectivity index (χ3n) is 4.95. The highest BCUT2D eigenvalue weighted by molar-refractivity contribution is 6.30. The number of carbonyl (C=O) groups excluding carboxylic acids is 2. The Kier molecular flexibility index (Phi) is 6.97. The molecule has 0 saturated heterocycles. The monoisotopic (exact) mass is 440 g/mol. The van der Waals surface area contributed by atoms with Crippen LogP contribution in [0.2, 0.25) is 5.02 Å². The summed E-state index contributed by atoms with van der Waals surface area (Å²) in [6.07, 6.45) is 1.17. The number of nitrogens with zero attached hydrogens (tertiary/aromatic N) is 2. The van der Waals surface area contributed by atoms with Crippen molar-refractivity contribution in [3.05, 3.63) is 93.3 Å². The molecule has 0 spiro atoms. The second-order valence-corrected chi connectivity index (χ2v) is 7.67. The Morgan fingerprint density at radius 1 is 1.00 bits per heavy atom. The fourth-order valence-electron chi connectivity index (χ4n) is 2.92. The molecule has 0 saturated carbocycles. The number of benzene rings is 2. The lowest BCUT2D eigenvalue weighted by Gasteiger charge is -2.15. The third kappa shape index (κ3) is 5.64. The zero-order valence-corrected chi connectivity index (χ0v) is 18.1. The van der Waals surface area contributed by atoms with Gasteiger partial charge >= 0.3 is 0 Å². The van der Waals surface area contributed by atoms with Crippen molar-refractivity contribution in [1.29, 1.82) is 0 Å². The van der Waals surface area contributed by atoms with Gasteiger partial charge in [0.25, 0.3) is 11.8 Å². The van der Waals surface area contributed by atoms with E-state index in [1.807, 2.05) is 39.0 Å². The van der Waals surface area contributed by atoms with Crippen LogP contribution in [0.4, 0.5) is 4.39 Å². The van der Waals surface area contributed by atoms with Gasteiger partial charge in [0.2, 0.25) is 0 Å². The van der Waals surface area contributed by atoms with Gasteiger partial charge in [-0.15, -0.1) is 0 Å². The highest BCUT2D eigenvalue weighted by Crippen LogP contribution is 2.18. The number of hydrogen-bond acceptors (Lipinski definition) is 4. The van der Waals surface area contributed by atoms with Gasteiger partial charge < -0.3 is 10.6 Å². The van der Waals surface area contributed by atoms with Crippen molar-refractivity contribution < 1.29 is 14.0 Å². The van der Waals surface area contributed by atoms with Crippen molar-refractivity contribution in [2.24, 2.45) is 0 Å². The number of aromatic nitrogens is 2. The molecule has 2 N–H and O–H groups in total. The van der Waals surface area contributed by atoms with Crippen molar-refractivity contribution in [3.63, 3.8) is 0 Å². The van der Waals surface area contributed by atoms with Crippen molar-refractivity contribution in [2.45, 2.75) is 33.4 Å². The molecule has 0 unspecified atom stereocenters. The minimum Gasteiger partial charge on any atom is -0.347 e. The maximum absolute atomic E-state index is 13.2. The molecule has 1 aromatic heterocycles. The summed E-state index contributed by atoms with van der Waals surface area (Å²) >= 11 is 5.75. The predicted octanol–water partition coefficient (Wildman–Crippen LogP) is 4.31. The molecule has 0 radical (unpaired) electrons. The van der Waals surface area contributed by atoms with Crippen LogP contribution in [-0.2, 0) is 6.54 Å². The number of rotatable bonds is 6. The molecule has 0 aliphatic carbocycles. The summed E-state index contributed by atoms with van der Waals surface area (Å²) in [5.41, 5.74) is 4.06. The summed E-state index contributed by atoms with van der Waals surface area (Å²) in [6.45, 7) is 6.06. The van der Waals surface area contributed by atoms with E-state index in [1.54, 1.807) is 0 Å². The van der Waals surface area contributed by atoms with E-state index in [2.05, 4.69) is 20.6 Å². The van der Waals surface area contributed by atoms with E-state index >= 15 is 0 Å². The largest absolute Gasteiger partial charge is 0.347 e. The molecular formula is C23H22ClFN4O2. The summed E-state index contributed by atoms with van der Waals surface area (Å²) in [5, 5.41) is 5.53. The fraction of sp³-hybridized carbons (Fsp3) is 0.217. The molecule has 160 valence electrons. The summed E-state index contributed by atoms with van der Waals surface area (Å²) in [7, 11) is 0. The average Bonchev–Trinajstić information content (AvgIpc) is 2.76. The molecule has 2 aromatic carbocycles. The molecule has 2 amide bonds. The molecule has 6 nitrogen and oxygen atoms in total. The normalized spacial score (nSPS) is 11.6. The maximum atomic E-state index is 13.2. The Labute approximate surface area is 184 Å². The Hall–Kier alpha value is -3.32. The highest BCUT2D eigenvalue weighted by Gasteiger charge is 2.16. The summed E-state index contributed by atoms with van der Waals surface area (Å²) in [6, 6.07) is 11.3. The first-order valence-corrected chi connectivity index (χ1v) is 10.0. The van der Waals surface area contributed by atoms with Gasteiger partial charge in [0.05, 0.1) is 11.1 Å². The summed E-state index contributed by atoms with van der Waals surface area (Å²) in [5.74, 6) is -1.43. The summed E-state index contributed by atoms with van der Waals surface area (Å²) < 4.78 is 13.2. The van der Waals surface area contributed by atoms with Crippen LogP contribution in [0.5, 0.6) is 0 Å². The van der Waals surface area contributed by atoms with E-state index < -0.39 is 17.6 Å². The van der Waals surface area contributed by atoms with E-state index in [0.717, 1.165) is 11.1 Å². The van der Waals surface area contributed by atoms with Crippen molar-refractivity contribution >= 4 is 23.4 Å². The second kappa shape index (κ2) is 9.66. The van der Waals surface area contributed by atoms with Crippen LogP contribution in [-0.4, -0.2) is 21.8 Å². The lowest BCUT2D eigenvalue weighted by Crippen LogP contribution is -2.29. The van der Waals surface area contributed by atoms with E-state index in [0.29, 0.717) is 5.56 Å². The van der Waals surface area contributed by atoms with Gasteiger partial charge in [-0.3, -0.25) is 9.59 Å². The Morgan fingerprint density at radius 3 is 2.39 bits per heavy atom. The lowest BCUT2D eigenvalue weighted by molar-refractivity contribution is 0.0934. The molecule has 1 heterocycles. The Morgan fingerprint density at radius 2 is 1.71 bits per heavy atom. The van der Waals surface area contributed by atoms with E-state index in [9.17, 15) is 14.0 Å². The predicted molar refractivity (Wildman–Crippen MR) is 116 cm³/mol. The number of amides is 2. The molecule has 0 bridgehead atoms.